The van der Waals surface area contributed by atoms with Gasteiger partial charge in [0.15, 0.2) is 0 Å². The van der Waals surface area contributed by atoms with E-state index >= 15 is 0 Å². The Hall–Kier alpha value is -1.42. The van der Waals surface area contributed by atoms with Crippen molar-refractivity contribution >= 4 is 23.4 Å². The van der Waals surface area contributed by atoms with Crippen LogP contribution >= 0.6 is 11.8 Å². The van der Waals surface area contributed by atoms with Crippen molar-refractivity contribution in [2.75, 3.05) is 11.6 Å². The van der Waals surface area contributed by atoms with Gasteiger partial charge in [-0.3, -0.25) is 0 Å². The summed E-state index contributed by atoms with van der Waals surface area (Å²) in [6.45, 7) is 0. The highest BCUT2D eigenvalue weighted by Gasteiger charge is 1.90. The fraction of sp³-hybridized carbons (Fsp3) is 0.100. The zero-order valence-corrected chi connectivity index (χ0v) is 8.54. The van der Waals surface area contributed by atoms with E-state index in [1.54, 1.807) is 11.8 Å². The van der Waals surface area contributed by atoms with Gasteiger partial charge in [-0.2, -0.15) is 0 Å². The van der Waals surface area contributed by atoms with Crippen molar-refractivity contribution in [2.24, 2.45) is 0 Å². The molecule has 0 unspecified atom stereocenters. The van der Waals surface area contributed by atoms with Gasteiger partial charge in [0, 0.05) is 22.9 Å². The van der Waals surface area contributed by atoms with Crippen molar-refractivity contribution in [3.63, 3.8) is 0 Å². The Morgan fingerprint density at radius 3 is 2.57 bits per heavy atom. The molecule has 0 fully saturated rings. The minimum absolute atomic E-state index is 0.875. The monoisotopic (exact) mass is 209 g/mol. The Bertz CT molecular complexity index is 332. The summed E-state index contributed by atoms with van der Waals surface area (Å²) in [6.07, 6.45) is 4.46. The normalized spacial score (nSPS) is 10.4. The molecule has 0 radical (unpaired) electrons. The predicted molar refractivity (Wildman–Crippen MR) is 58.6 cm³/mol. The summed E-state index contributed by atoms with van der Waals surface area (Å²) >= 11 is 1.67. The van der Waals surface area contributed by atoms with Crippen molar-refractivity contribution in [1.82, 2.24) is 0 Å². The smallest absolute Gasteiger partial charge is 0.329 e. The van der Waals surface area contributed by atoms with E-state index < -0.39 is 5.97 Å². The first kappa shape index (κ1) is 10.7. The van der Waals surface area contributed by atoms with E-state index in [1.807, 2.05) is 30.5 Å². The summed E-state index contributed by atoms with van der Waals surface area (Å²) in [5.41, 5.74) is 0.875. The number of anilines is 1. The van der Waals surface area contributed by atoms with Gasteiger partial charge in [0.1, 0.15) is 0 Å². The number of aliphatic carboxylic acids is 1. The highest BCUT2D eigenvalue weighted by molar-refractivity contribution is 7.98. The van der Waals surface area contributed by atoms with Gasteiger partial charge in [0.25, 0.3) is 0 Å². The van der Waals surface area contributed by atoms with Crippen LogP contribution in [0.5, 0.6) is 0 Å². The molecule has 1 aromatic carbocycles. The van der Waals surface area contributed by atoms with Crippen LogP contribution in [0.15, 0.2) is 41.4 Å². The molecule has 1 aromatic rings. The van der Waals surface area contributed by atoms with Gasteiger partial charge in [-0.05, 0) is 30.5 Å². The largest absolute Gasteiger partial charge is 0.478 e. The molecule has 0 aromatic heterocycles. The Kier molecular flexibility index (Phi) is 4.07. The van der Waals surface area contributed by atoms with Gasteiger partial charge >= 0.3 is 5.97 Å². The average Bonchev–Trinajstić information content (AvgIpc) is 2.18. The number of hydrogen-bond acceptors (Lipinski definition) is 3. The molecule has 0 amide bonds. The summed E-state index contributed by atoms with van der Waals surface area (Å²) in [7, 11) is 0. The minimum atomic E-state index is -0.960. The van der Waals surface area contributed by atoms with Gasteiger partial charge in [0.05, 0.1) is 0 Å². The fourth-order valence-electron chi connectivity index (χ4n) is 0.896. The quantitative estimate of drug-likeness (QED) is 0.590. The molecular weight excluding hydrogens is 198 g/mol. The molecule has 0 heterocycles. The van der Waals surface area contributed by atoms with Gasteiger partial charge in [-0.25, -0.2) is 4.79 Å². The molecule has 0 aliphatic heterocycles. The first-order valence-corrected chi connectivity index (χ1v) is 5.25. The molecule has 14 heavy (non-hydrogen) atoms. The average molecular weight is 209 g/mol. The molecule has 74 valence electrons. The van der Waals surface area contributed by atoms with Gasteiger partial charge in [-0.1, -0.05) is 0 Å². The van der Waals surface area contributed by atoms with Crippen LogP contribution in [-0.2, 0) is 4.79 Å². The molecule has 4 heteroatoms. The Morgan fingerprint density at radius 2 is 2.07 bits per heavy atom. The standard InChI is InChI=1S/C10H11NO2S/c1-14-9-4-2-8(3-5-9)11-7-6-10(12)13/h2-7,11H,1H3,(H,12,13)/b7-6+. The van der Waals surface area contributed by atoms with Crippen LogP contribution in [0.2, 0.25) is 0 Å². The van der Waals surface area contributed by atoms with E-state index in [2.05, 4.69) is 5.32 Å². The number of thioether (sulfide) groups is 1. The summed E-state index contributed by atoms with van der Waals surface area (Å²) < 4.78 is 0. The zero-order chi connectivity index (χ0) is 10.4. The number of nitrogens with one attached hydrogen (secondary N) is 1. The zero-order valence-electron chi connectivity index (χ0n) is 7.73. The lowest BCUT2D eigenvalue weighted by atomic mass is 10.3. The maximum Gasteiger partial charge on any atom is 0.329 e. The molecule has 0 saturated heterocycles. The van der Waals surface area contributed by atoms with Gasteiger partial charge in [-0.15, -0.1) is 11.8 Å². The Balaban J connectivity index is 2.56. The maximum atomic E-state index is 10.2. The summed E-state index contributed by atoms with van der Waals surface area (Å²) in [5, 5.41) is 11.2. The second-order valence-electron chi connectivity index (χ2n) is 2.54. The lowest BCUT2D eigenvalue weighted by Crippen LogP contribution is -1.91. The van der Waals surface area contributed by atoms with E-state index in [9.17, 15) is 4.79 Å². The summed E-state index contributed by atoms with van der Waals surface area (Å²) in [4.78, 5) is 11.3. The third-order valence-electron chi connectivity index (χ3n) is 1.57. The molecule has 0 aliphatic rings. The molecule has 0 spiro atoms. The van der Waals surface area contributed by atoms with Crippen LogP contribution in [0, 0.1) is 0 Å². The van der Waals surface area contributed by atoms with Crippen molar-refractivity contribution in [3.8, 4) is 0 Å². The molecule has 2 N–H and O–H groups in total. The van der Waals surface area contributed by atoms with Crippen LogP contribution < -0.4 is 5.32 Å². The van der Waals surface area contributed by atoms with E-state index in [-0.39, 0.29) is 0 Å². The van der Waals surface area contributed by atoms with Crippen molar-refractivity contribution < 1.29 is 9.90 Å². The fourth-order valence-corrected chi connectivity index (χ4v) is 1.30. The summed E-state index contributed by atoms with van der Waals surface area (Å²) in [6, 6.07) is 7.75. The second-order valence-corrected chi connectivity index (χ2v) is 3.42. The lowest BCUT2D eigenvalue weighted by Gasteiger charge is -2.00. The molecule has 3 nitrogen and oxygen atoms in total. The number of rotatable bonds is 4. The van der Waals surface area contributed by atoms with E-state index in [0.29, 0.717) is 0 Å². The van der Waals surface area contributed by atoms with Crippen LogP contribution in [0.3, 0.4) is 0 Å². The second kappa shape index (κ2) is 5.34. The first-order chi connectivity index (χ1) is 6.72. The van der Waals surface area contributed by atoms with Crippen LogP contribution in [0.1, 0.15) is 0 Å². The Labute approximate surface area is 86.8 Å². The molecule has 0 saturated carbocycles. The third kappa shape index (κ3) is 3.53. The number of hydrogen-bond donors (Lipinski definition) is 2. The molecule has 0 aliphatic carbocycles. The van der Waals surface area contributed by atoms with Crippen LogP contribution in [-0.4, -0.2) is 17.3 Å². The highest BCUT2D eigenvalue weighted by Crippen LogP contribution is 2.17. The molecule has 0 bridgehead atoms. The molecular formula is C10H11NO2S. The topological polar surface area (TPSA) is 49.3 Å². The van der Waals surface area contributed by atoms with Crippen molar-refractivity contribution in [3.05, 3.63) is 36.5 Å². The number of carbonyl (C=O) groups is 1. The molecule has 1 rings (SSSR count). The van der Waals surface area contributed by atoms with Crippen LogP contribution in [0.25, 0.3) is 0 Å². The number of carboxylic acids is 1. The van der Waals surface area contributed by atoms with Gasteiger partial charge in [0.2, 0.25) is 0 Å². The molecule has 0 atom stereocenters. The maximum absolute atomic E-state index is 10.2. The third-order valence-corrected chi connectivity index (χ3v) is 2.31. The van der Waals surface area contributed by atoms with Gasteiger partial charge < -0.3 is 10.4 Å². The lowest BCUT2D eigenvalue weighted by molar-refractivity contribution is -0.131. The van der Waals surface area contributed by atoms with Crippen molar-refractivity contribution in [1.29, 1.82) is 0 Å². The highest BCUT2D eigenvalue weighted by atomic mass is 32.2. The van der Waals surface area contributed by atoms with Crippen LogP contribution in [0.4, 0.5) is 5.69 Å². The summed E-state index contributed by atoms with van der Waals surface area (Å²) in [5.74, 6) is -0.960. The SMILES string of the molecule is CSc1ccc(N/C=C/C(=O)O)cc1. The first-order valence-electron chi connectivity index (χ1n) is 4.02. The van der Waals surface area contributed by atoms with Crippen molar-refractivity contribution in [2.45, 2.75) is 4.90 Å². The number of benzene rings is 1. The van der Waals surface area contributed by atoms with E-state index in [1.165, 1.54) is 11.1 Å². The number of carboxylic acid groups (broad SMARTS) is 1. The minimum Gasteiger partial charge on any atom is -0.478 e. The van der Waals surface area contributed by atoms with E-state index in [0.717, 1.165) is 11.8 Å². The Morgan fingerprint density at radius 1 is 1.43 bits per heavy atom. The predicted octanol–water partition coefficient (Wildman–Crippen LogP) is 2.42. The van der Waals surface area contributed by atoms with E-state index in [4.69, 9.17) is 5.11 Å².